The predicted molar refractivity (Wildman–Crippen MR) is 77.1 cm³/mol. The molecule has 2 N–H and O–H groups in total. The van der Waals surface area contributed by atoms with Gasteiger partial charge in [0.1, 0.15) is 0 Å². The molecule has 5 nitrogen and oxygen atoms in total. The van der Waals surface area contributed by atoms with E-state index < -0.39 is 0 Å². The quantitative estimate of drug-likeness (QED) is 0.865. The first-order valence-corrected chi connectivity index (χ1v) is 7.16. The first-order valence-electron chi connectivity index (χ1n) is 6.17. The van der Waals surface area contributed by atoms with Crippen molar-refractivity contribution in [3.63, 3.8) is 0 Å². The number of rotatable bonds is 4. The monoisotopic (exact) mass is 277 g/mol. The van der Waals surface area contributed by atoms with Crippen molar-refractivity contribution in [2.24, 2.45) is 12.8 Å². The van der Waals surface area contributed by atoms with Gasteiger partial charge in [-0.2, -0.15) is 0 Å². The van der Waals surface area contributed by atoms with Gasteiger partial charge in [-0.05, 0) is 47.9 Å². The van der Waals surface area contributed by atoms with Crippen LogP contribution in [0.15, 0.2) is 17.3 Å². The Balaban J connectivity index is 2.12. The van der Waals surface area contributed by atoms with Gasteiger partial charge in [0.2, 0.25) is 5.16 Å². The minimum Gasteiger partial charge on any atom is -0.323 e. The highest BCUT2D eigenvalue weighted by Crippen LogP contribution is 2.26. The van der Waals surface area contributed by atoms with E-state index in [0.29, 0.717) is 0 Å². The van der Waals surface area contributed by atoms with Gasteiger partial charge >= 0.3 is 0 Å². The second kappa shape index (κ2) is 5.71. The fraction of sp³-hybridized carbons (Fsp3) is 0.462. The molecule has 0 spiro atoms. The largest absolute Gasteiger partial charge is 0.323 e. The van der Waals surface area contributed by atoms with E-state index in [9.17, 15) is 0 Å². The molecule has 0 aliphatic carbocycles. The number of thioether (sulfide) groups is 1. The molecule has 1 atom stereocenters. The third kappa shape index (κ3) is 3.13. The summed E-state index contributed by atoms with van der Waals surface area (Å²) >= 11 is 1.58. The van der Waals surface area contributed by atoms with Gasteiger partial charge < -0.3 is 5.73 Å². The molecule has 0 aliphatic rings. The number of aromatic nitrogens is 4. The van der Waals surface area contributed by atoms with Gasteiger partial charge in [0.05, 0.1) is 0 Å². The maximum Gasteiger partial charge on any atom is 0.209 e. The molecule has 1 aromatic carbocycles. The second-order valence-corrected chi connectivity index (χ2v) is 5.80. The fourth-order valence-corrected chi connectivity index (χ4v) is 3.18. The normalized spacial score (nSPS) is 12.7. The van der Waals surface area contributed by atoms with Gasteiger partial charge in [-0.3, -0.25) is 0 Å². The number of nitrogens with two attached hydrogens (primary N) is 1. The number of tetrazole rings is 1. The highest BCUT2D eigenvalue weighted by molar-refractivity contribution is 7.99. The molecule has 0 fully saturated rings. The molecule has 1 heterocycles. The summed E-state index contributed by atoms with van der Waals surface area (Å²) in [6.07, 6.45) is 0. The van der Waals surface area contributed by atoms with Crippen molar-refractivity contribution in [1.82, 2.24) is 20.2 Å². The number of hydrogen-bond acceptors (Lipinski definition) is 5. The molecule has 0 amide bonds. The van der Waals surface area contributed by atoms with E-state index in [4.69, 9.17) is 5.73 Å². The zero-order valence-corrected chi connectivity index (χ0v) is 12.5. The van der Waals surface area contributed by atoms with Gasteiger partial charge in [-0.1, -0.05) is 29.5 Å². The first-order chi connectivity index (χ1) is 8.99. The minimum atomic E-state index is -0.0118. The lowest BCUT2D eigenvalue weighted by Gasteiger charge is -2.17. The summed E-state index contributed by atoms with van der Waals surface area (Å²) < 4.78 is 1.66. The number of benzene rings is 1. The third-order valence-corrected chi connectivity index (χ3v) is 4.21. The molecule has 1 unspecified atom stereocenters. The van der Waals surface area contributed by atoms with E-state index in [1.165, 1.54) is 22.3 Å². The lowest BCUT2D eigenvalue weighted by atomic mass is 9.95. The lowest BCUT2D eigenvalue weighted by Crippen LogP contribution is -2.16. The molecule has 0 saturated carbocycles. The van der Waals surface area contributed by atoms with E-state index in [-0.39, 0.29) is 6.04 Å². The lowest BCUT2D eigenvalue weighted by molar-refractivity contribution is 0.663. The van der Waals surface area contributed by atoms with Crippen LogP contribution in [0.3, 0.4) is 0 Å². The summed E-state index contributed by atoms with van der Waals surface area (Å²) in [6.45, 7) is 6.34. The predicted octanol–water partition coefficient (Wildman–Crippen LogP) is 1.93. The number of hydrogen-bond donors (Lipinski definition) is 1. The van der Waals surface area contributed by atoms with Gasteiger partial charge in [-0.25, -0.2) is 4.68 Å². The third-order valence-electron chi connectivity index (χ3n) is 3.08. The minimum absolute atomic E-state index is 0.0118. The average molecular weight is 277 g/mol. The molecule has 102 valence electrons. The van der Waals surface area contributed by atoms with Crippen LogP contribution in [0.1, 0.15) is 28.3 Å². The van der Waals surface area contributed by atoms with Crippen molar-refractivity contribution >= 4 is 11.8 Å². The molecular formula is C13H19N5S. The van der Waals surface area contributed by atoms with Crippen LogP contribution in [-0.4, -0.2) is 26.0 Å². The highest BCUT2D eigenvalue weighted by Gasteiger charge is 2.14. The summed E-state index contributed by atoms with van der Waals surface area (Å²) in [7, 11) is 1.83. The smallest absolute Gasteiger partial charge is 0.209 e. The summed E-state index contributed by atoms with van der Waals surface area (Å²) in [6, 6.07) is 4.34. The topological polar surface area (TPSA) is 69.6 Å². The van der Waals surface area contributed by atoms with Crippen LogP contribution in [0.25, 0.3) is 0 Å². The molecule has 0 aliphatic heterocycles. The molecule has 1 aromatic heterocycles. The molecule has 19 heavy (non-hydrogen) atoms. The molecule has 2 rings (SSSR count). The fourth-order valence-electron chi connectivity index (χ4n) is 2.37. The Hall–Kier alpha value is -1.40. The van der Waals surface area contributed by atoms with Crippen LogP contribution in [-0.2, 0) is 7.05 Å². The zero-order valence-electron chi connectivity index (χ0n) is 11.7. The van der Waals surface area contributed by atoms with Gasteiger partial charge in [-0.15, -0.1) is 5.10 Å². The van der Waals surface area contributed by atoms with E-state index in [2.05, 4.69) is 48.4 Å². The van der Waals surface area contributed by atoms with Crippen molar-refractivity contribution in [3.8, 4) is 0 Å². The van der Waals surface area contributed by atoms with Crippen molar-refractivity contribution in [3.05, 3.63) is 34.4 Å². The second-order valence-electron chi connectivity index (χ2n) is 4.81. The summed E-state index contributed by atoms with van der Waals surface area (Å²) in [5.41, 5.74) is 11.3. The van der Waals surface area contributed by atoms with Crippen LogP contribution >= 0.6 is 11.8 Å². The summed E-state index contributed by atoms with van der Waals surface area (Å²) in [5, 5.41) is 12.2. The number of nitrogens with zero attached hydrogens (tertiary/aromatic N) is 4. The summed E-state index contributed by atoms with van der Waals surface area (Å²) in [5.74, 6) is 0.763. The van der Waals surface area contributed by atoms with E-state index >= 15 is 0 Å². The standard InChI is InChI=1S/C13H19N5S/c1-8-5-9(2)12(10(3)6-8)11(14)7-19-13-15-16-17-18(13)4/h5-6,11H,7,14H2,1-4H3. The Morgan fingerprint density at radius 3 is 2.42 bits per heavy atom. The Morgan fingerprint density at radius 1 is 1.26 bits per heavy atom. The molecule has 0 saturated heterocycles. The molecule has 2 aromatic rings. The van der Waals surface area contributed by atoms with Gasteiger partial charge in [0.15, 0.2) is 0 Å². The zero-order chi connectivity index (χ0) is 14.0. The van der Waals surface area contributed by atoms with Crippen LogP contribution in [0.2, 0.25) is 0 Å². The van der Waals surface area contributed by atoms with Gasteiger partial charge in [0.25, 0.3) is 0 Å². The van der Waals surface area contributed by atoms with E-state index in [1.54, 1.807) is 16.4 Å². The number of aryl methyl sites for hydroxylation is 4. The van der Waals surface area contributed by atoms with Crippen LogP contribution < -0.4 is 5.73 Å². The Kier molecular flexibility index (Phi) is 4.21. The molecule has 0 radical (unpaired) electrons. The van der Waals surface area contributed by atoms with E-state index in [1.807, 2.05) is 7.05 Å². The van der Waals surface area contributed by atoms with Crippen molar-refractivity contribution < 1.29 is 0 Å². The Bertz CT molecular complexity index is 555. The summed E-state index contributed by atoms with van der Waals surface area (Å²) in [4.78, 5) is 0. The molecule has 0 bridgehead atoms. The van der Waals surface area contributed by atoms with Crippen LogP contribution in [0, 0.1) is 20.8 Å². The maximum absolute atomic E-state index is 6.31. The highest BCUT2D eigenvalue weighted by atomic mass is 32.2. The first kappa shape index (κ1) is 14.0. The van der Waals surface area contributed by atoms with Gasteiger partial charge in [0, 0.05) is 18.8 Å². The van der Waals surface area contributed by atoms with Crippen LogP contribution in [0.5, 0.6) is 0 Å². The van der Waals surface area contributed by atoms with Crippen molar-refractivity contribution in [1.29, 1.82) is 0 Å². The SMILES string of the molecule is Cc1cc(C)c(C(N)CSc2nnnn2C)c(C)c1. The van der Waals surface area contributed by atoms with Crippen molar-refractivity contribution in [2.75, 3.05) is 5.75 Å². The molecule has 6 heteroatoms. The van der Waals surface area contributed by atoms with Crippen LogP contribution in [0.4, 0.5) is 0 Å². The average Bonchev–Trinajstić information content (AvgIpc) is 2.70. The maximum atomic E-state index is 6.31. The van der Waals surface area contributed by atoms with Crippen molar-refractivity contribution in [2.45, 2.75) is 32.0 Å². The van der Waals surface area contributed by atoms with E-state index in [0.717, 1.165) is 10.9 Å². The Labute approximate surface area is 117 Å². The Morgan fingerprint density at radius 2 is 1.89 bits per heavy atom. The molecular weight excluding hydrogens is 258 g/mol.